The highest BCUT2D eigenvalue weighted by atomic mass is 16.5. The topological polar surface area (TPSA) is 114 Å². The Morgan fingerprint density at radius 1 is 1.24 bits per heavy atom. The molecular weight excluding hydrogens is 322 g/mol. The Balaban J connectivity index is 2.37. The van der Waals surface area contributed by atoms with Crippen LogP contribution in [0.3, 0.4) is 0 Å². The molecule has 0 aliphatic heterocycles. The lowest BCUT2D eigenvalue weighted by atomic mass is 10.1. The fourth-order valence-electron chi connectivity index (χ4n) is 2.41. The lowest BCUT2D eigenvalue weighted by Crippen LogP contribution is -2.44. The predicted octanol–water partition coefficient (Wildman–Crippen LogP) is 2.16. The molecule has 7 nitrogen and oxygen atoms in total. The van der Waals surface area contributed by atoms with Gasteiger partial charge < -0.3 is 10.0 Å². The van der Waals surface area contributed by atoms with E-state index in [1.807, 2.05) is 6.07 Å². The Labute approximate surface area is 144 Å². The minimum atomic E-state index is -1.03. The van der Waals surface area contributed by atoms with Crippen molar-refractivity contribution in [2.45, 2.75) is 19.5 Å². The summed E-state index contributed by atoms with van der Waals surface area (Å²) in [5.74, 6) is -1.63. The second kappa shape index (κ2) is 7.95. The number of carboxylic acids is 1. The van der Waals surface area contributed by atoms with E-state index in [0.29, 0.717) is 16.8 Å². The van der Waals surface area contributed by atoms with Gasteiger partial charge in [0.2, 0.25) is 0 Å². The molecule has 128 valence electrons. The molecule has 2 rings (SSSR count). The van der Waals surface area contributed by atoms with Crippen LogP contribution in [0.5, 0.6) is 0 Å². The van der Waals surface area contributed by atoms with Gasteiger partial charge in [0.25, 0.3) is 5.91 Å². The Bertz CT molecular complexity index is 812. The predicted molar refractivity (Wildman–Crippen MR) is 90.1 cm³/mol. The van der Waals surface area contributed by atoms with Crippen molar-refractivity contribution in [2.75, 3.05) is 4.90 Å². The van der Waals surface area contributed by atoms with E-state index in [1.54, 1.807) is 53.7 Å². The minimum Gasteiger partial charge on any atom is -0.478 e. The molecule has 0 aliphatic carbocycles. The van der Waals surface area contributed by atoms with E-state index in [9.17, 15) is 9.59 Å². The number of rotatable bonds is 6. The maximum Gasteiger partial charge on any atom is 0.335 e. The summed E-state index contributed by atoms with van der Waals surface area (Å²) in [6.07, 6.45) is 0. The number of hydroxylamine groups is 1. The van der Waals surface area contributed by atoms with Gasteiger partial charge in [-0.2, -0.15) is 5.26 Å². The van der Waals surface area contributed by atoms with Crippen LogP contribution in [0.15, 0.2) is 48.5 Å². The van der Waals surface area contributed by atoms with Crippen LogP contribution in [0.25, 0.3) is 0 Å². The maximum absolute atomic E-state index is 11.9. The fourth-order valence-corrected chi connectivity index (χ4v) is 2.41. The summed E-state index contributed by atoms with van der Waals surface area (Å²) in [5, 5.41) is 26.9. The standard InChI is InChI=1S/C18H17N3O4/c1-12(17(22)20-25)21(16-7-5-13(10-19)6-8-16)11-14-3-2-4-15(9-14)18(23)24/h2-9,12,25H,11H2,1H3,(H,20,22)(H,23,24). The molecule has 7 heteroatoms. The first-order valence-corrected chi connectivity index (χ1v) is 7.49. The van der Waals surface area contributed by atoms with Crippen LogP contribution in [0.1, 0.15) is 28.4 Å². The maximum atomic E-state index is 11.9. The van der Waals surface area contributed by atoms with Crippen LogP contribution >= 0.6 is 0 Å². The summed E-state index contributed by atoms with van der Waals surface area (Å²) in [7, 11) is 0. The zero-order valence-electron chi connectivity index (χ0n) is 13.5. The lowest BCUT2D eigenvalue weighted by molar-refractivity contribution is -0.130. The third-order valence-corrected chi connectivity index (χ3v) is 3.81. The molecule has 0 saturated heterocycles. The van der Waals surface area contributed by atoms with Gasteiger partial charge in [0.15, 0.2) is 0 Å². The molecule has 0 bridgehead atoms. The average molecular weight is 339 g/mol. The Kier molecular flexibility index (Phi) is 5.71. The number of nitriles is 1. The number of amides is 1. The van der Waals surface area contributed by atoms with Crippen molar-refractivity contribution in [3.63, 3.8) is 0 Å². The molecule has 1 atom stereocenters. The highest BCUT2D eigenvalue weighted by Crippen LogP contribution is 2.21. The van der Waals surface area contributed by atoms with Crippen LogP contribution in [0, 0.1) is 11.3 Å². The second-order valence-electron chi connectivity index (χ2n) is 5.44. The Morgan fingerprint density at radius 2 is 1.92 bits per heavy atom. The number of benzene rings is 2. The van der Waals surface area contributed by atoms with Gasteiger partial charge in [-0.05, 0) is 48.9 Å². The third kappa shape index (κ3) is 4.34. The van der Waals surface area contributed by atoms with E-state index < -0.39 is 17.9 Å². The van der Waals surface area contributed by atoms with Gasteiger partial charge in [-0.25, -0.2) is 10.3 Å². The monoisotopic (exact) mass is 339 g/mol. The van der Waals surface area contributed by atoms with Gasteiger partial charge in [0, 0.05) is 12.2 Å². The number of carbonyl (C=O) groups is 2. The summed E-state index contributed by atoms with van der Waals surface area (Å²) in [5.41, 5.74) is 3.62. The number of hydrogen-bond acceptors (Lipinski definition) is 5. The van der Waals surface area contributed by atoms with Crippen molar-refractivity contribution < 1.29 is 19.9 Å². The quantitative estimate of drug-likeness (QED) is 0.549. The smallest absolute Gasteiger partial charge is 0.335 e. The Morgan fingerprint density at radius 3 is 2.48 bits per heavy atom. The number of aromatic carboxylic acids is 1. The summed E-state index contributed by atoms with van der Waals surface area (Å²) < 4.78 is 0. The molecule has 0 spiro atoms. The number of hydrogen-bond donors (Lipinski definition) is 3. The van der Waals surface area contributed by atoms with Gasteiger partial charge in [-0.1, -0.05) is 12.1 Å². The molecular formula is C18H17N3O4. The lowest BCUT2D eigenvalue weighted by Gasteiger charge is -2.30. The molecule has 0 aliphatic rings. The molecule has 0 aromatic heterocycles. The van der Waals surface area contributed by atoms with Crippen molar-refractivity contribution in [3.8, 4) is 6.07 Å². The van der Waals surface area contributed by atoms with E-state index >= 15 is 0 Å². The van der Waals surface area contributed by atoms with Gasteiger partial charge >= 0.3 is 5.97 Å². The van der Waals surface area contributed by atoms with E-state index in [1.165, 1.54) is 12.1 Å². The van der Waals surface area contributed by atoms with Gasteiger partial charge in [0.1, 0.15) is 6.04 Å². The van der Waals surface area contributed by atoms with Gasteiger partial charge in [-0.15, -0.1) is 0 Å². The molecule has 0 radical (unpaired) electrons. The van der Waals surface area contributed by atoms with Gasteiger partial charge in [-0.3, -0.25) is 10.0 Å². The molecule has 1 amide bonds. The number of nitrogens with zero attached hydrogens (tertiary/aromatic N) is 2. The van der Waals surface area contributed by atoms with Crippen LogP contribution in [0.2, 0.25) is 0 Å². The van der Waals surface area contributed by atoms with Crippen molar-refractivity contribution in [3.05, 3.63) is 65.2 Å². The van der Waals surface area contributed by atoms with Crippen molar-refractivity contribution in [1.29, 1.82) is 5.26 Å². The zero-order valence-corrected chi connectivity index (χ0v) is 13.5. The van der Waals surface area contributed by atoms with E-state index in [-0.39, 0.29) is 12.1 Å². The van der Waals surface area contributed by atoms with E-state index in [2.05, 4.69) is 0 Å². The molecule has 25 heavy (non-hydrogen) atoms. The first kappa shape index (κ1) is 18.0. The van der Waals surface area contributed by atoms with Crippen LogP contribution in [-0.2, 0) is 11.3 Å². The normalized spacial score (nSPS) is 11.2. The SMILES string of the molecule is CC(C(=O)NO)N(Cc1cccc(C(=O)O)c1)c1ccc(C#N)cc1. The summed E-state index contributed by atoms with van der Waals surface area (Å²) in [4.78, 5) is 24.7. The van der Waals surface area contributed by atoms with Gasteiger partial charge in [0.05, 0.1) is 17.2 Å². The molecule has 0 fully saturated rings. The summed E-state index contributed by atoms with van der Waals surface area (Å²) in [6.45, 7) is 1.87. The van der Waals surface area contributed by atoms with E-state index in [4.69, 9.17) is 15.6 Å². The highest BCUT2D eigenvalue weighted by Gasteiger charge is 2.22. The van der Waals surface area contributed by atoms with Crippen LogP contribution in [0.4, 0.5) is 5.69 Å². The number of nitrogens with one attached hydrogen (secondary N) is 1. The average Bonchev–Trinajstić information content (AvgIpc) is 2.65. The first-order chi connectivity index (χ1) is 12.0. The highest BCUT2D eigenvalue weighted by molar-refractivity contribution is 5.88. The largest absolute Gasteiger partial charge is 0.478 e. The van der Waals surface area contributed by atoms with Crippen LogP contribution < -0.4 is 10.4 Å². The first-order valence-electron chi connectivity index (χ1n) is 7.49. The molecule has 2 aromatic carbocycles. The van der Waals surface area contributed by atoms with Crippen molar-refractivity contribution in [1.82, 2.24) is 5.48 Å². The van der Waals surface area contributed by atoms with Crippen molar-refractivity contribution in [2.24, 2.45) is 0 Å². The zero-order chi connectivity index (χ0) is 18.4. The molecule has 1 unspecified atom stereocenters. The third-order valence-electron chi connectivity index (χ3n) is 3.81. The number of anilines is 1. The molecule has 0 heterocycles. The number of carbonyl (C=O) groups excluding carboxylic acids is 1. The molecule has 0 saturated carbocycles. The number of carboxylic acid groups (broad SMARTS) is 1. The Hall–Kier alpha value is -3.37. The fraction of sp³-hybridized carbons (Fsp3) is 0.167. The second-order valence-corrected chi connectivity index (χ2v) is 5.44. The summed E-state index contributed by atoms with van der Waals surface area (Å²) in [6, 6.07) is 14.4. The van der Waals surface area contributed by atoms with E-state index in [0.717, 1.165) is 0 Å². The molecule has 3 N–H and O–H groups in total. The summed E-state index contributed by atoms with van der Waals surface area (Å²) >= 11 is 0. The van der Waals surface area contributed by atoms with Crippen LogP contribution in [-0.4, -0.2) is 28.2 Å². The minimum absolute atomic E-state index is 0.150. The van der Waals surface area contributed by atoms with Crippen molar-refractivity contribution >= 4 is 17.6 Å². The molecule has 2 aromatic rings.